The molecule has 5 nitrogen and oxygen atoms in total. The van der Waals surface area contributed by atoms with Crippen LogP contribution in [-0.2, 0) is 16.0 Å². The molecule has 1 amide bonds. The number of nitrogens with one attached hydrogen (secondary N) is 1. The van der Waals surface area contributed by atoms with Gasteiger partial charge in [-0.25, -0.2) is 14.2 Å². The first-order valence-electron chi connectivity index (χ1n) is 8.32. The second kappa shape index (κ2) is 8.55. The Balaban J connectivity index is 1.53. The Morgan fingerprint density at radius 2 is 1.81 bits per heavy atom. The number of amides is 1. The molecule has 0 unspecified atom stereocenters. The highest BCUT2D eigenvalue weighted by molar-refractivity contribution is 7.14. The van der Waals surface area contributed by atoms with Gasteiger partial charge in [-0.3, -0.25) is 10.1 Å². The van der Waals surface area contributed by atoms with E-state index in [4.69, 9.17) is 4.74 Å². The lowest BCUT2D eigenvalue weighted by atomic mass is 10.1. The molecule has 0 fully saturated rings. The lowest BCUT2D eigenvalue weighted by molar-refractivity contribution is -0.119. The molecule has 7 heteroatoms. The lowest BCUT2D eigenvalue weighted by Crippen LogP contribution is -2.20. The molecular formula is C20H17FN2O3S. The van der Waals surface area contributed by atoms with Crippen LogP contribution in [0.4, 0.5) is 9.52 Å². The molecule has 0 aliphatic heterocycles. The Bertz CT molecular complexity index is 937. The Morgan fingerprint density at radius 3 is 2.48 bits per heavy atom. The highest BCUT2D eigenvalue weighted by Crippen LogP contribution is 2.25. The summed E-state index contributed by atoms with van der Waals surface area (Å²) in [5, 5.41) is 4.72. The second-order valence-corrected chi connectivity index (χ2v) is 6.58. The van der Waals surface area contributed by atoms with Crippen LogP contribution in [0.5, 0.6) is 0 Å². The predicted molar refractivity (Wildman–Crippen MR) is 102 cm³/mol. The number of anilines is 1. The molecule has 0 bridgehead atoms. The second-order valence-electron chi connectivity index (χ2n) is 5.72. The van der Waals surface area contributed by atoms with Crippen molar-refractivity contribution in [2.75, 3.05) is 11.9 Å². The summed E-state index contributed by atoms with van der Waals surface area (Å²) in [7, 11) is 0. The maximum Gasteiger partial charge on any atom is 0.338 e. The number of carbonyl (C=O) groups excluding carboxylic acids is 2. The number of aryl methyl sites for hydroxylation is 1. The first-order chi connectivity index (χ1) is 13.0. The summed E-state index contributed by atoms with van der Waals surface area (Å²) in [6.45, 7) is 1.62. The van der Waals surface area contributed by atoms with E-state index in [1.807, 2.05) is 19.1 Å². The summed E-state index contributed by atoms with van der Waals surface area (Å²) in [4.78, 5) is 28.2. The van der Waals surface area contributed by atoms with Gasteiger partial charge in [-0.15, -0.1) is 11.3 Å². The third-order valence-electron chi connectivity index (χ3n) is 3.82. The quantitative estimate of drug-likeness (QED) is 0.643. The maximum absolute atomic E-state index is 13.0. The number of esters is 1. The van der Waals surface area contributed by atoms with Crippen LogP contribution >= 0.6 is 11.3 Å². The standard InChI is InChI=1S/C20H17FN2O3S/c1-2-13-3-5-15(6-4-13)19(25)26-11-18(24)23-20-22-17(12-27-20)14-7-9-16(21)10-8-14/h3-10,12H,2,11H2,1H3,(H,22,23,24). The van der Waals surface area contributed by atoms with E-state index in [1.54, 1.807) is 29.6 Å². The zero-order valence-electron chi connectivity index (χ0n) is 14.6. The van der Waals surface area contributed by atoms with Gasteiger partial charge in [-0.2, -0.15) is 0 Å². The van der Waals surface area contributed by atoms with Gasteiger partial charge in [-0.1, -0.05) is 19.1 Å². The van der Waals surface area contributed by atoms with E-state index < -0.39 is 18.5 Å². The highest BCUT2D eigenvalue weighted by Gasteiger charge is 2.12. The van der Waals surface area contributed by atoms with E-state index in [0.29, 0.717) is 16.4 Å². The van der Waals surface area contributed by atoms with Crippen LogP contribution in [-0.4, -0.2) is 23.5 Å². The predicted octanol–water partition coefficient (Wildman–Crippen LogP) is 4.31. The number of benzene rings is 2. The van der Waals surface area contributed by atoms with Crippen LogP contribution in [0.1, 0.15) is 22.8 Å². The van der Waals surface area contributed by atoms with Crippen LogP contribution in [0.2, 0.25) is 0 Å². The molecule has 3 rings (SSSR count). The van der Waals surface area contributed by atoms with Crippen molar-refractivity contribution in [3.8, 4) is 11.3 Å². The van der Waals surface area contributed by atoms with Crippen LogP contribution in [0, 0.1) is 5.82 Å². The van der Waals surface area contributed by atoms with Crippen LogP contribution in [0.3, 0.4) is 0 Å². The molecule has 0 atom stereocenters. The molecule has 0 spiro atoms. The molecule has 0 radical (unpaired) electrons. The number of hydrogen-bond acceptors (Lipinski definition) is 5. The topological polar surface area (TPSA) is 68.3 Å². The van der Waals surface area contributed by atoms with E-state index in [9.17, 15) is 14.0 Å². The van der Waals surface area contributed by atoms with Crippen molar-refractivity contribution in [1.29, 1.82) is 0 Å². The van der Waals surface area contributed by atoms with E-state index in [1.165, 1.54) is 23.5 Å². The largest absolute Gasteiger partial charge is 0.452 e. The minimum Gasteiger partial charge on any atom is -0.452 e. The van der Waals surface area contributed by atoms with Crippen molar-refractivity contribution in [3.05, 3.63) is 70.9 Å². The SMILES string of the molecule is CCc1ccc(C(=O)OCC(=O)Nc2nc(-c3ccc(F)cc3)cs2)cc1. The number of halogens is 1. The average molecular weight is 384 g/mol. The van der Waals surface area contributed by atoms with Gasteiger partial charge >= 0.3 is 5.97 Å². The average Bonchev–Trinajstić information content (AvgIpc) is 3.15. The van der Waals surface area contributed by atoms with Gasteiger partial charge in [-0.05, 0) is 48.4 Å². The van der Waals surface area contributed by atoms with Crippen molar-refractivity contribution < 1.29 is 18.7 Å². The Morgan fingerprint density at radius 1 is 1.11 bits per heavy atom. The highest BCUT2D eigenvalue weighted by atomic mass is 32.1. The fourth-order valence-electron chi connectivity index (χ4n) is 2.33. The van der Waals surface area contributed by atoms with E-state index in [0.717, 1.165) is 17.5 Å². The van der Waals surface area contributed by atoms with Gasteiger partial charge in [0.2, 0.25) is 0 Å². The smallest absolute Gasteiger partial charge is 0.338 e. The summed E-state index contributed by atoms with van der Waals surface area (Å²) >= 11 is 1.23. The van der Waals surface area contributed by atoms with Gasteiger partial charge in [0.05, 0.1) is 11.3 Å². The molecular weight excluding hydrogens is 367 g/mol. The van der Waals surface area contributed by atoms with Crippen molar-refractivity contribution in [2.24, 2.45) is 0 Å². The van der Waals surface area contributed by atoms with Crippen molar-refractivity contribution in [1.82, 2.24) is 4.98 Å². The first-order valence-corrected chi connectivity index (χ1v) is 9.20. The number of nitrogens with zero attached hydrogens (tertiary/aromatic N) is 1. The summed E-state index contributed by atoms with van der Waals surface area (Å²) in [5.74, 6) is -1.36. The maximum atomic E-state index is 13.0. The molecule has 1 heterocycles. The Kier molecular flexibility index (Phi) is 5.93. The monoisotopic (exact) mass is 384 g/mol. The summed E-state index contributed by atoms with van der Waals surface area (Å²) in [6, 6.07) is 13.0. The Hall–Kier alpha value is -3.06. The normalized spacial score (nSPS) is 10.4. The minimum absolute atomic E-state index is 0.325. The molecule has 3 aromatic rings. The van der Waals surface area contributed by atoms with E-state index in [-0.39, 0.29) is 5.82 Å². The molecule has 138 valence electrons. The zero-order chi connectivity index (χ0) is 19.2. The first kappa shape index (κ1) is 18.7. The number of thiazole rings is 1. The van der Waals surface area contributed by atoms with Gasteiger partial charge in [0.25, 0.3) is 5.91 Å². The number of hydrogen-bond donors (Lipinski definition) is 1. The van der Waals surface area contributed by atoms with Gasteiger partial charge in [0.1, 0.15) is 5.82 Å². The number of aromatic nitrogens is 1. The molecule has 1 aromatic heterocycles. The number of rotatable bonds is 6. The van der Waals surface area contributed by atoms with Gasteiger partial charge < -0.3 is 4.74 Å². The van der Waals surface area contributed by atoms with E-state index >= 15 is 0 Å². The molecule has 0 saturated carbocycles. The van der Waals surface area contributed by atoms with Crippen LogP contribution in [0.25, 0.3) is 11.3 Å². The van der Waals surface area contributed by atoms with Crippen molar-refractivity contribution in [2.45, 2.75) is 13.3 Å². The molecule has 0 aliphatic rings. The van der Waals surface area contributed by atoms with Crippen molar-refractivity contribution in [3.63, 3.8) is 0 Å². The fourth-order valence-corrected chi connectivity index (χ4v) is 3.07. The van der Waals surface area contributed by atoms with Crippen LogP contribution < -0.4 is 5.32 Å². The zero-order valence-corrected chi connectivity index (χ0v) is 15.4. The molecule has 1 N–H and O–H groups in total. The third-order valence-corrected chi connectivity index (χ3v) is 4.58. The fraction of sp³-hybridized carbons (Fsp3) is 0.150. The number of carbonyl (C=O) groups is 2. The van der Waals surface area contributed by atoms with Crippen LogP contribution in [0.15, 0.2) is 53.9 Å². The van der Waals surface area contributed by atoms with Crippen molar-refractivity contribution >= 4 is 28.3 Å². The summed E-state index contributed by atoms with van der Waals surface area (Å²) in [5.41, 5.74) is 2.89. The van der Waals surface area contributed by atoms with Gasteiger partial charge in [0, 0.05) is 10.9 Å². The number of ether oxygens (including phenoxy) is 1. The summed E-state index contributed by atoms with van der Waals surface area (Å²) < 4.78 is 18.0. The molecule has 0 aliphatic carbocycles. The lowest BCUT2D eigenvalue weighted by Gasteiger charge is -2.05. The van der Waals surface area contributed by atoms with Gasteiger partial charge in [0.15, 0.2) is 11.7 Å². The molecule has 27 heavy (non-hydrogen) atoms. The Labute approximate surface area is 159 Å². The minimum atomic E-state index is -0.557. The molecule has 2 aromatic carbocycles. The third kappa shape index (κ3) is 4.98. The van der Waals surface area contributed by atoms with E-state index in [2.05, 4.69) is 10.3 Å². The molecule has 0 saturated heterocycles. The summed E-state index contributed by atoms with van der Waals surface area (Å²) in [6.07, 6.45) is 0.880.